The fourth-order valence-corrected chi connectivity index (χ4v) is 6.10. The molecule has 2 fully saturated rings. The molecule has 0 radical (unpaired) electrons. The predicted molar refractivity (Wildman–Crippen MR) is 127 cm³/mol. The van der Waals surface area contributed by atoms with E-state index in [1.807, 2.05) is 0 Å². The van der Waals surface area contributed by atoms with Crippen LogP contribution >= 0.6 is 0 Å². The van der Waals surface area contributed by atoms with Gasteiger partial charge in [0.2, 0.25) is 0 Å². The lowest BCUT2D eigenvalue weighted by Gasteiger charge is -2.37. The summed E-state index contributed by atoms with van der Waals surface area (Å²) < 4.78 is 5.78. The van der Waals surface area contributed by atoms with Crippen LogP contribution in [-0.4, -0.2) is 36.3 Å². The second-order valence-corrected chi connectivity index (χ2v) is 9.63. The molecule has 2 bridgehead atoms. The topological polar surface area (TPSA) is 40.3 Å². The zero-order valence-corrected chi connectivity index (χ0v) is 18.4. The Labute approximate surface area is 185 Å². The number of para-hydroxylation sites is 1. The Kier molecular flexibility index (Phi) is 5.00. The van der Waals surface area contributed by atoms with E-state index in [1.54, 1.807) is 0 Å². The number of hydrogen-bond acceptors (Lipinski definition) is 3. The molecule has 1 aromatic heterocycles. The minimum Gasteiger partial charge on any atom is -0.377 e. The van der Waals surface area contributed by atoms with Crippen LogP contribution in [0.15, 0.2) is 48.5 Å². The molecule has 0 spiro atoms. The molecule has 4 heterocycles. The summed E-state index contributed by atoms with van der Waals surface area (Å²) in [6.07, 6.45) is 7.40. The third-order valence-electron chi connectivity index (χ3n) is 7.66. The second-order valence-electron chi connectivity index (χ2n) is 9.63. The lowest BCUT2D eigenvalue weighted by atomic mass is 9.88. The number of aromatic nitrogens is 1. The summed E-state index contributed by atoms with van der Waals surface area (Å²) in [4.78, 5) is 6.37. The highest BCUT2D eigenvalue weighted by molar-refractivity contribution is 5.85. The molecule has 3 aliphatic rings. The van der Waals surface area contributed by atoms with Crippen molar-refractivity contribution in [3.05, 3.63) is 65.4 Å². The van der Waals surface area contributed by atoms with Crippen LogP contribution in [-0.2, 0) is 11.2 Å². The van der Waals surface area contributed by atoms with Crippen LogP contribution in [0.5, 0.6) is 0 Å². The predicted octanol–water partition coefficient (Wildman–Crippen LogP) is 5.33. The molecule has 3 aliphatic heterocycles. The number of nitrogens with one attached hydrogen (secondary N) is 2. The van der Waals surface area contributed by atoms with Gasteiger partial charge in [0.15, 0.2) is 0 Å². The summed E-state index contributed by atoms with van der Waals surface area (Å²) in [7, 11) is 0. The van der Waals surface area contributed by atoms with Gasteiger partial charge in [-0.3, -0.25) is 0 Å². The van der Waals surface area contributed by atoms with E-state index in [2.05, 4.69) is 70.7 Å². The monoisotopic (exact) mass is 415 g/mol. The summed E-state index contributed by atoms with van der Waals surface area (Å²) in [5.74, 6) is 0. The first-order valence-electron chi connectivity index (χ1n) is 12.1. The number of H-pyrrole nitrogens is 1. The molecule has 2 aromatic carbocycles. The Hall–Kier alpha value is -2.30. The molecular weight excluding hydrogens is 382 g/mol. The zero-order chi connectivity index (χ0) is 20.8. The molecule has 162 valence electrons. The van der Waals surface area contributed by atoms with E-state index in [4.69, 9.17) is 4.74 Å². The number of anilines is 1. The Bertz CT molecular complexity index is 1040. The van der Waals surface area contributed by atoms with Crippen molar-refractivity contribution >= 4 is 16.6 Å². The van der Waals surface area contributed by atoms with Gasteiger partial charge in [-0.05, 0) is 55.0 Å². The molecule has 4 atom stereocenters. The van der Waals surface area contributed by atoms with Crippen LogP contribution in [0.4, 0.5) is 5.69 Å². The van der Waals surface area contributed by atoms with Crippen LogP contribution < -0.4 is 10.2 Å². The second kappa shape index (κ2) is 7.99. The first-order valence-corrected chi connectivity index (χ1v) is 12.1. The number of rotatable bonds is 5. The first-order chi connectivity index (χ1) is 15.3. The Balaban J connectivity index is 1.34. The van der Waals surface area contributed by atoms with E-state index in [0.29, 0.717) is 18.1 Å². The fraction of sp³-hybridized carbons (Fsp3) is 0.481. The SMILES string of the molecule is CCCC[C@H]1Cc2c([nH]c3ccccc23)[C@H](c2ccc(N3C4CCC3COC4)cc2)N1. The maximum Gasteiger partial charge on any atom is 0.0734 e. The van der Waals surface area contributed by atoms with Crippen LogP contribution in [0.1, 0.15) is 61.9 Å². The van der Waals surface area contributed by atoms with Crippen LogP contribution in [0.2, 0.25) is 0 Å². The molecule has 2 N–H and O–H groups in total. The van der Waals surface area contributed by atoms with Crippen molar-refractivity contribution in [3.63, 3.8) is 0 Å². The Morgan fingerprint density at radius 3 is 2.55 bits per heavy atom. The van der Waals surface area contributed by atoms with Crippen molar-refractivity contribution in [2.45, 2.75) is 69.6 Å². The highest BCUT2D eigenvalue weighted by Crippen LogP contribution is 2.38. The van der Waals surface area contributed by atoms with Gasteiger partial charge in [0, 0.05) is 28.3 Å². The van der Waals surface area contributed by atoms with E-state index in [0.717, 1.165) is 19.6 Å². The molecule has 4 nitrogen and oxygen atoms in total. The van der Waals surface area contributed by atoms with Crippen molar-refractivity contribution in [1.29, 1.82) is 0 Å². The van der Waals surface area contributed by atoms with Gasteiger partial charge in [-0.15, -0.1) is 0 Å². The number of aromatic amines is 1. The molecule has 0 saturated carbocycles. The van der Waals surface area contributed by atoms with Gasteiger partial charge >= 0.3 is 0 Å². The Morgan fingerprint density at radius 2 is 1.77 bits per heavy atom. The zero-order valence-electron chi connectivity index (χ0n) is 18.4. The molecule has 0 aliphatic carbocycles. The molecule has 2 unspecified atom stereocenters. The number of morpholine rings is 1. The van der Waals surface area contributed by atoms with Gasteiger partial charge < -0.3 is 19.9 Å². The smallest absolute Gasteiger partial charge is 0.0734 e. The normalized spacial score (nSPS) is 27.6. The number of fused-ring (bicyclic) bond motifs is 5. The maximum atomic E-state index is 5.78. The van der Waals surface area contributed by atoms with Gasteiger partial charge in [-0.2, -0.15) is 0 Å². The van der Waals surface area contributed by atoms with Crippen molar-refractivity contribution in [2.24, 2.45) is 0 Å². The maximum absolute atomic E-state index is 5.78. The molecule has 3 aromatic rings. The van der Waals surface area contributed by atoms with Crippen LogP contribution in [0.3, 0.4) is 0 Å². The van der Waals surface area contributed by atoms with E-state index < -0.39 is 0 Å². The van der Waals surface area contributed by atoms with E-state index in [9.17, 15) is 0 Å². The average Bonchev–Trinajstić information content (AvgIpc) is 3.31. The molecule has 4 heteroatoms. The molecule has 31 heavy (non-hydrogen) atoms. The largest absolute Gasteiger partial charge is 0.377 e. The molecule has 0 amide bonds. The third kappa shape index (κ3) is 3.37. The summed E-state index contributed by atoms with van der Waals surface area (Å²) in [6, 6.07) is 20.0. The van der Waals surface area contributed by atoms with Gasteiger partial charge in [0.05, 0.1) is 31.3 Å². The third-order valence-corrected chi connectivity index (χ3v) is 7.66. The minimum atomic E-state index is 0.230. The van der Waals surface area contributed by atoms with Gasteiger partial charge in [0.25, 0.3) is 0 Å². The minimum absolute atomic E-state index is 0.230. The highest BCUT2D eigenvalue weighted by Gasteiger charge is 2.37. The number of ether oxygens (including phenoxy) is 1. The number of unbranched alkanes of at least 4 members (excludes halogenated alkanes) is 1. The quantitative estimate of drug-likeness (QED) is 0.592. The van der Waals surface area contributed by atoms with E-state index in [-0.39, 0.29) is 6.04 Å². The van der Waals surface area contributed by atoms with E-state index >= 15 is 0 Å². The van der Waals surface area contributed by atoms with Crippen molar-refractivity contribution in [1.82, 2.24) is 10.3 Å². The molecule has 2 saturated heterocycles. The van der Waals surface area contributed by atoms with Gasteiger partial charge in [-0.25, -0.2) is 0 Å². The van der Waals surface area contributed by atoms with Gasteiger partial charge in [-0.1, -0.05) is 50.1 Å². The lowest BCUT2D eigenvalue weighted by molar-refractivity contribution is 0.0906. The molecular formula is C27H33N3O. The number of nitrogens with zero attached hydrogens (tertiary/aromatic N) is 1. The number of benzene rings is 2. The standard InChI is InChI=1S/C27H33N3O/c1-2-3-6-19-15-24-23-7-4-5-8-25(23)29-27(24)26(28-19)18-9-11-20(12-10-18)30-21-13-14-22(30)17-31-16-21/h4-5,7-12,19,21-22,26,28-29H,2-3,6,13-17H2,1H3/t19-,21?,22?,26-/m0/s1. The molecule has 6 rings (SSSR count). The van der Waals surface area contributed by atoms with Crippen LogP contribution in [0, 0.1) is 0 Å². The summed E-state index contributed by atoms with van der Waals surface area (Å²) in [5, 5.41) is 5.38. The van der Waals surface area contributed by atoms with Crippen molar-refractivity contribution < 1.29 is 4.74 Å². The average molecular weight is 416 g/mol. The lowest BCUT2D eigenvalue weighted by Crippen LogP contribution is -2.46. The van der Waals surface area contributed by atoms with Crippen molar-refractivity contribution in [2.75, 3.05) is 18.1 Å². The fourth-order valence-electron chi connectivity index (χ4n) is 6.10. The summed E-state index contributed by atoms with van der Waals surface area (Å²) in [6.45, 7) is 4.04. The first kappa shape index (κ1) is 19.4. The Morgan fingerprint density at radius 1 is 1.00 bits per heavy atom. The van der Waals surface area contributed by atoms with Crippen LogP contribution in [0.25, 0.3) is 10.9 Å². The highest BCUT2D eigenvalue weighted by atomic mass is 16.5. The van der Waals surface area contributed by atoms with Gasteiger partial charge in [0.1, 0.15) is 0 Å². The number of hydrogen-bond donors (Lipinski definition) is 2. The summed E-state index contributed by atoms with van der Waals surface area (Å²) >= 11 is 0. The van der Waals surface area contributed by atoms with Crippen molar-refractivity contribution in [3.8, 4) is 0 Å². The van der Waals surface area contributed by atoms with E-state index in [1.165, 1.54) is 65.5 Å². The summed E-state index contributed by atoms with van der Waals surface area (Å²) in [5.41, 5.74) is 6.84.